The normalized spacial score (nSPS) is 25.8. The van der Waals surface area contributed by atoms with Gasteiger partial charge in [-0.2, -0.15) is 0 Å². The van der Waals surface area contributed by atoms with E-state index in [1.54, 1.807) is 18.8 Å². The van der Waals surface area contributed by atoms with Crippen molar-refractivity contribution in [2.75, 3.05) is 7.05 Å². The minimum atomic E-state index is -0.849. The van der Waals surface area contributed by atoms with Crippen molar-refractivity contribution in [3.05, 3.63) is 16.6 Å². The third-order valence-corrected chi connectivity index (χ3v) is 3.77. The van der Waals surface area contributed by atoms with E-state index in [-0.39, 0.29) is 11.9 Å². The van der Waals surface area contributed by atoms with Gasteiger partial charge in [-0.15, -0.1) is 11.3 Å². The molecular weight excluding hydrogens is 228 g/mol. The molecule has 86 valence electrons. The van der Waals surface area contributed by atoms with Crippen LogP contribution in [0.5, 0.6) is 0 Å². The van der Waals surface area contributed by atoms with Crippen LogP contribution in [-0.4, -0.2) is 33.9 Å². The van der Waals surface area contributed by atoms with Crippen LogP contribution in [0.2, 0.25) is 0 Å². The first-order valence-corrected chi connectivity index (χ1v) is 5.86. The third-order valence-electron chi connectivity index (χ3n) is 2.92. The molecule has 0 aliphatic carbocycles. The number of rotatable bonds is 2. The molecule has 1 amide bonds. The summed E-state index contributed by atoms with van der Waals surface area (Å²) in [7, 11) is 1.65. The summed E-state index contributed by atoms with van der Waals surface area (Å²) in [6.07, 6.45) is 2.35. The Morgan fingerprint density at radius 3 is 3.00 bits per heavy atom. The van der Waals surface area contributed by atoms with Crippen LogP contribution in [-0.2, 0) is 9.59 Å². The van der Waals surface area contributed by atoms with Crippen LogP contribution in [0.25, 0.3) is 0 Å². The van der Waals surface area contributed by atoms with Crippen molar-refractivity contribution in [1.29, 1.82) is 0 Å². The molecule has 1 aromatic rings. The molecule has 2 unspecified atom stereocenters. The van der Waals surface area contributed by atoms with Gasteiger partial charge in [0.1, 0.15) is 0 Å². The van der Waals surface area contributed by atoms with Gasteiger partial charge in [-0.25, -0.2) is 0 Å². The van der Waals surface area contributed by atoms with Gasteiger partial charge in [-0.1, -0.05) is 0 Å². The van der Waals surface area contributed by atoms with E-state index in [0.29, 0.717) is 12.8 Å². The van der Waals surface area contributed by atoms with Crippen LogP contribution in [0.15, 0.2) is 11.7 Å². The molecule has 1 aliphatic heterocycles. The van der Waals surface area contributed by atoms with Crippen molar-refractivity contribution in [2.24, 2.45) is 5.92 Å². The molecule has 0 aromatic carbocycles. The molecule has 16 heavy (non-hydrogen) atoms. The Morgan fingerprint density at radius 1 is 1.69 bits per heavy atom. The number of likely N-dealkylation sites (tertiary alicyclic amines) is 1. The van der Waals surface area contributed by atoms with Gasteiger partial charge in [-0.05, 0) is 6.42 Å². The molecule has 5 nitrogen and oxygen atoms in total. The van der Waals surface area contributed by atoms with Gasteiger partial charge in [0.05, 0.1) is 17.5 Å². The topological polar surface area (TPSA) is 70.5 Å². The molecule has 2 heterocycles. The number of amides is 1. The van der Waals surface area contributed by atoms with Crippen LogP contribution >= 0.6 is 11.3 Å². The highest BCUT2D eigenvalue weighted by Crippen LogP contribution is 2.37. The lowest BCUT2D eigenvalue weighted by atomic mass is 9.88. The number of thiazole rings is 1. The lowest BCUT2D eigenvalue weighted by Gasteiger charge is -2.36. The number of piperidine rings is 1. The summed E-state index contributed by atoms with van der Waals surface area (Å²) >= 11 is 1.39. The van der Waals surface area contributed by atoms with Gasteiger partial charge in [0.2, 0.25) is 5.91 Å². The van der Waals surface area contributed by atoms with E-state index in [1.807, 2.05) is 0 Å². The summed E-state index contributed by atoms with van der Waals surface area (Å²) in [5.74, 6) is -1.38. The van der Waals surface area contributed by atoms with E-state index in [0.717, 1.165) is 4.88 Å². The van der Waals surface area contributed by atoms with Crippen molar-refractivity contribution in [2.45, 2.75) is 18.9 Å². The van der Waals surface area contributed by atoms with Gasteiger partial charge in [0.15, 0.2) is 0 Å². The highest BCUT2D eigenvalue weighted by atomic mass is 32.1. The second-order valence-corrected chi connectivity index (χ2v) is 4.75. The standard InChI is InChI=1S/C10H12N2O3S/c1-12-8(13)3-2-6(10(14)15)9(12)7-4-11-5-16-7/h4-6,9H,2-3H2,1H3,(H,14,15). The molecule has 1 N–H and O–H groups in total. The van der Waals surface area contributed by atoms with Gasteiger partial charge in [0.25, 0.3) is 0 Å². The molecule has 2 atom stereocenters. The smallest absolute Gasteiger partial charge is 0.308 e. The molecule has 1 aromatic heterocycles. The Kier molecular flexibility index (Phi) is 2.91. The van der Waals surface area contributed by atoms with E-state index in [2.05, 4.69) is 4.98 Å². The SMILES string of the molecule is CN1C(=O)CCC(C(=O)O)C1c1cncs1. The predicted octanol–water partition coefficient (Wildman–Crippen LogP) is 1.14. The Morgan fingerprint density at radius 2 is 2.44 bits per heavy atom. The maximum atomic E-state index is 11.6. The first-order chi connectivity index (χ1) is 7.61. The van der Waals surface area contributed by atoms with Gasteiger partial charge in [-0.3, -0.25) is 14.6 Å². The fourth-order valence-electron chi connectivity index (χ4n) is 2.06. The largest absolute Gasteiger partial charge is 0.481 e. The summed E-state index contributed by atoms with van der Waals surface area (Å²) in [6.45, 7) is 0. The Labute approximate surface area is 96.7 Å². The number of aromatic nitrogens is 1. The summed E-state index contributed by atoms with van der Waals surface area (Å²) in [5, 5.41) is 9.16. The number of hydrogen-bond acceptors (Lipinski definition) is 4. The number of carboxylic acids is 1. The minimum absolute atomic E-state index is 0.00380. The predicted molar refractivity (Wildman–Crippen MR) is 58.0 cm³/mol. The summed E-state index contributed by atoms with van der Waals surface area (Å²) in [4.78, 5) is 29.0. The molecule has 0 radical (unpaired) electrons. The maximum Gasteiger partial charge on any atom is 0.308 e. The highest BCUT2D eigenvalue weighted by Gasteiger charge is 2.39. The van der Waals surface area contributed by atoms with Crippen LogP contribution in [0.1, 0.15) is 23.8 Å². The van der Waals surface area contributed by atoms with Crippen molar-refractivity contribution in [1.82, 2.24) is 9.88 Å². The lowest BCUT2D eigenvalue weighted by molar-refractivity contribution is -0.150. The van der Waals surface area contributed by atoms with E-state index < -0.39 is 11.9 Å². The first-order valence-electron chi connectivity index (χ1n) is 4.98. The first kappa shape index (κ1) is 11.1. The maximum absolute atomic E-state index is 11.6. The van der Waals surface area contributed by atoms with Gasteiger partial charge >= 0.3 is 5.97 Å². The zero-order valence-corrected chi connectivity index (χ0v) is 9.61. The van der Waals surface area contributed by atoms with E-state index in [1.165, 1.54) is 16.2 Å². The van der Waals surface area contributed by atoms with Gasteiger partial charge in [0, 0.05) is 24.5 Å². The fraction of sp³-hybridized carbons (Fsp3) is 0.500. The second kappa shape index (κ2) is 4.21. The zero-order chi connectivity index (χ0) is 11.7. The van der Waals surface area contributed by atoms with Crippen molar-refractivity contribution in [3.63, 3.8) is 0 Å². The quantitative estimate of drug-likeness (QED) is 0.841. The number of hydrogen-bond donors (Lipinski definition) is 1. The summed E-state index contributed by atoms with van der Waals surface area (Å²) < 4.78 is 0. The van der Waals surface area contributed by atoms with E-state index in [4.69, 9.17) is 5.11 Å². The van der Waals surface area contributed by atoms with E-state index >= 15 is 0 Å². The third kappa shape index (κ3) is 1.80. The average molecular weight is 240 g/mol. The molecular formula is C10H12N2O3S. The Balaban J connectivity index is 2.34. The molecule has 0 bridgehead atoms. The molecule has 0 spiro atoms. The zero-order valence-electron chi connectivity index (χ0n) is 8.79. The number of nitrogens with zero attached hydrogens (tertiary/aromatic N) is 2. The van der Waals surface area contributed by atoms with E-state index in [9.17, 15) is 9.59 Å². The van der Waals surface area contributed by atoms with Crippen molar-refractivity contribution in [3.8, 4) is 0 Å². The minimum Gasteiger partial charge on any atom is -0.481 e. The highest BCUT2D eigenvalue weighted by molar-refractivity contribution is 7.09. The second-order valence-electron chi connectivity index (χ2n) is 3.84. The molecule has 2 rings (SSSR count). The van der Waals surface area contributed by atoms with Crippen LogP contribution in [0.4, 0.5) is 0 Å². The fourth-order valence-corrected chi connectivity index (χ4v) is 2.88. The van der Waals surface area contributed by atoms with Crippen molar-refractivity contribution < 1.29 is 14.7 Å². The van der Waals surface area contributed by atoms with Gasteiger partial charge < -0.3 is 10.0 Å². The monoisotopic (exact) mass is 240 g/mol. The Hall–Kier alpha value is -1.43. The number of aliphatic carboxylic acids is 1. The average Bonchev–Trinajstić information content (AvgIpc) is 2.74. The number of carbonyl (C=O) groups excluding carboxylic acids is 1. The van der Waals surface area contributed by atoms with Crippen LogP contribution in [0.3, 0.4) is 0 Å². The van der Waals surface area contributed by atoms with Crippen molar-refractivity contribution >= 4 is 23.2 Å². The molecule has 1 saturated heterocycles. The molecule has 1 fully saturated rings. The molecule has 0 saturated carbocycles. The van der Waals surface area contributed by atoms with Crippen LogP contribution in [0, 0.1) is 5.92 Å². The summed E-state index contributed by atoms with van der Waals surface area (Å²) in [6, 6.07) is -0.369. The summed E-state index contributed by atoms with van der Waals surface area (Å²) in [5.41, 5.74) is 1.65. The number of carboxylic acid groups (broad SMARTS) is 1. The number of carbonyl (C=O) groups is 2. The molecule has 6 heteroatoms. The van der Waals surface area contributed by atoms with Crippen LogP contribution < -0.4 is 0 Å². The molecule has 1 aliphatic rings. The Bertz CT molecular complexity index is 404. The lowest BCUT2D eigenvalue weighted by Crippen LogP contribution is -2.42.